The number of anilines is 1. The van der Waals surface area contributed by atoms with Gasteiger partial charge in [0.2, 0.25) is 0 Å². The molecule has 2 nitrogen and oxygen atoms in total. The first-order valence-corrected chi connectivity index (χ1v) is 7.64. The summed E-state index contributed by atoms with van der Waals surface area (Å²) in [5.41, 5.74) is 9.23. The minimum Gasteiger partial charge on any atom is -0.488 e. The molecule has 0 bridgehead atoms. The molecule has 0 spiro atoms. The van der Waals surface area contributed by atoms with Gasteiger partial charge >= 0.3 is 0 Å². The summed E-state index contributed by atoms with van der Waals surface area (Å²) in [5.74, 6) is 0.780. The van der Waals surface area contributed by atoms with Crippen LogP contribution in [0.3, 0.4) is 0 Å². The summed E-state index contributed by atoms with van der Waals surface area (Å²) in [6.07, 6.45) is 0. The summed E-state index contributed by atoms with van der Waals surface area (Å²) >= 11 is 3.34. The van der Waals surface area contributed by atoms with Crippen molar-refractivity contribution >= 4 is 21.6 Å². The van der Waals surface area contributed by atoms with E-state index in [-0.39, 0.29) is 18.3 Å². The maximum Gasteiger partial charge on any atom is 0.129 e. The first kappa shape index (κ1) is 15.8. The second-order valence-electron chi connectivity index (χ2n) is 5.43. The van der Waals surface area contributed by atoms with Crippen molar-refractivity contribution < 1.29 is 9.13 Å². The molecule has 2 rings (SSSR count). The van der Waals surface area contributed by atoms with Crippen LogP contribution in [0.25, 0.3) is 0 Å². The van der Waals surface area contributed by atoms with Crippen molar-refractivity contribution in [2.75, 3.05) is 5.73 Å². The number of aryl methyl sites for hydroxylation is 1. The van der Waals surface area contributed by atoms with Crippen molar-refractivity contribution in [3.8, 4) is 5.75 Å². The maximum absolute atomic E-state index is 13.8. The van der Waals surface area contributed by atoms with E-state index < -0.39 is 0 Å². The molecule has 2 aromatic carbocycles. The predicted molar refractivity (Wildman–Crippen MR) is 88.1 cm³/mol. The molecule has 0 saturated carbocycles. The normalized spacial score (nSPS) is 11.0. The molecule has 0 unspecified atom stereocenters. The highest BCUT2D eigenvalue weighted by Gasteiger charge is 2.12. The molecule has 0 aliphatic carbocycles. The van der Waals surface area contributed by atoms with Gasteiger partial charge in [-0.2, -0.15) is 0 Å². The Bertz CT molecular complexity index is 655. The SMILES string of the molecule is Cc1cc(OCc2cc(Br)ccc2F)c(C(C)C)cc1N. The Hall–Kier alpha value is -1.55. The van der Waals surface area contributed by atoms with Gasteiger partial charge in [0, 0.05) is 15.7 Å². The summed E-state index contributed by atoms with van der Waals surface area (Å²) in [7, 11) is 0. The second kappa shape index (κ2) is 6.48. The minimum absolute atomic E-state index is 0.189. The van der Waals surface area contributed by atoms with E-state index in [2.05, 4.69) is 29.8 Å². The van der Waals surface area contributed by atoms with Crippen molar-refractivity contribution in [1.29, 1.82) is 0 Å². The quantitative estimate of drug-likeness (QED) is 0.770. The highest BCUT2D eigenvalue weighted by Crippen LogP contribution is 2.31. The van der Waals surface area contributed by atoms with Crippen LogP contribution in [0.5, 0.6) is 5.75 Å². The van der Waals surface area contributed by atoms with Gasteiger partial charge in [-0.3, -0.25) is 0 Å². The van der Waals surface area contributed by atoms with Crippen LogP contribution >= 0.6 is 15.9 Å². The lowest BCUT2D eigenvalue weighted by molar-refractivity contribution is 0.295. The fourth-order valence-electron chi connectivity index (χ4n) is 2.10. The van der Waals surface area contributed by atoms with Gasteiger partial charge in [-0.25, -0.2) is 4.39 Å². The molecular formula is C17H19BrFNO. The van der Waals surface area contributed by atoms with Crippen LogP contribution in [0.1, 0.15) is 36.5 Å². The Morgan fingerprint density at radius 2 is 1.95 bits per heavy atom. The molecule has 0 aliphatic heterocycles. The molecule has 0 saturated heterocycles. The Balaban J connectivity index is 2.27. The summed E-state index contributed by atoms with van der Waals surface area (Å²) < 4.78 is 20.4. The third-order valence-corrected chi connectivity index (χ3v) is 3.90. The van der Waals surface area contributed by atoms with Crippen molar-refractivity contribution in [3.63, 3.8) is 0 Å². The smallest absolute Gasteiger partial charge is 0.129 e. The maximum atomic E-state index is 13.8. The fraction of sp³-hybridized carbons (Fsp3) is 0.294. The summed E-state index contributed by atoms with van der Waals surface area (Å²) in [4.78, 5) is 0. The number of nitrogens with two attached hydrogens (primary N) is 1. The van der Waals surface area contributed by atoms with Gasteiger partial charge < -0.3 is 10.5 Å². The van der Waals surface area contributed by atoms with Gasteiger partial charge in [0.05, 0.1) is 0 Å². The van der Waals surface area contributed by atoms with E-state index in [0.717, 1.165) is 27.0 Å². The van der Waals surface area contributed by atoms with Crippen LogP contribution in [0.4, 0.5) is 10.1 Å². The van der Waals surface area contributed by atoms with E-state index in [9.17, 15) is 4.39 Å². The molecule has 21 heavy (non-hydrogen) atoms. The van der Waals surface area contributed by atoms with Gasteiger partial charge in [-0.1, -0.05) is 29.8 Å². The van der Waals surface area contributed by atoms with Crippen LogP contribution in [-0.4, -0.2) is 0 Å². The number of benzene rings is 2. The number of halogens is 2. The van der Waals surface area contributed by atoms with Crippen molar-refractivity contribution in [1.82, 2.24) is 0 Å². The van der Waals surface area contributed by atoms with Gasteiger partial charge in [0.15, 0.2) is 0 Å². The van der Waals surface area contributed by atoms with Gasteiger partial charge in [0.1, 0.15) is 18.2 Å². The summed E-state index contributed by atoms with van der Waals surface area (Å²) in [6.45, 7) is 6.29. The van der Waals surface area contributed by atoms with E-state index in [0.29, 0.717) is 5.56 Å². The fourth-order valence-corrected chi connectivity index (χ4v) is 2.51. The first-order valence-electron chi connectivity index (χ1n) is 6.85. The van der Waals surface area contributed by atoms with E-state index in [1.165, 1.54) is 6.07 Å². The van der Waals surface area contributed by atoms with E-state index in [1.54, 1.807) is 12.1 Å². The molecule has 2 N–H and O–H groups in total. The van der Waals surface area contributed by atoms with Crippen LogP contribution < -0.4 is 10.5 Å². The zero-order valence-electron chi connectivity index (χ0n) is 12.4. The number of nitrogen functional groups attached to an aromatic ring is 1. The monoisotopic (exact) mass is 351 g/mol. The molecule has 4 heteroatoms. The zero-order chi connectivity index (χ0) is 15.6. The van der Waals surface area contributed by atoms with Crippen LogP contribution in [0, 0.1) is 12.7 Å². The number of ether oxygens (including phenoxy) is 1. The molecule has 0 aliphatic rings. The number of hydrogen-bond donors (Lipinski definition) is 1. The van der Waals surface area contributed by atoms with E-state index in [4.69, 9.17) is 10.5 Å². The van der Waals surface area contributed by atoms with Crippen LogP contribution in [-0.2, 0) is 6.61 Å². The lowest BCUT2D eigenvalue weighted by atomic mass is 9.99. The Morgan fingerprint density at radius 3 is 2.62 bits per heavy atom. The average Bonchev–Trinajstić information content (AvgIpc) is 2.42. The number of hydrogen-bond acceptors (Lipinski definition) is 2. The zero-order valence-corrected chi connectivity index (χ0v) is 14.0. The number of rotatable bonds is 4. The molecule has 0 heterocycles. The molecule has 0 radical (unpaired) electrons. The highest BCUT2D eigenvalue weighted by atomic mass is 79.9. The minimum atomic E-state index is -0.267. The molecule has 0 aromatic heterocycles. The van der Waals surface area contributed by atoms with Gasteiger partial charge in [-0.05, 0) is 54.3 Å². The molecular weight excluding hydrogens is 333 g/mol. The predicted octanol–water partition coefficient (Wildman–Crippen LogP) is 5.18. The molecule has 0 amide bonds. The van der Waals surface area contributed by atoms with E-state index >= 15 is 0 Å². The Kier molecular flexibility index (Phi) is 4.88. The lowest BCUT2D eigenvalue weighted by Crippen LogP contribution is -2.03. The summed E-state index contributed by atoms with van der Waals surface area (Å²) in [5, 5.41) is 0. The first-order chi connectivity index (χ1) is 9.88. The van der Waals surface area contributed by atoms with Crippen molar-refractivity contribution in [2.24, 2.45) is 0 Å². The summed E-state index contributed by atoms with van der Waals surface area (Å²) in [6, 6.07) is 8.69. The third kappa shape index (κ3) is 3.76. The Labute approximate surface area is 133 Å². The van der Waals surface area contributed by atoms with E-state index in [1.807, 2.05) is 19.1 Å². The van der Waals surface area contributed by atoms with Gasteiger partial charge in [-0.15, -0.1) is 0 Å². The van der Waals surface area contributed by atoms with Crippen molar-refractivity contribution in [2.45, 2.75) is 33.3 Å². The van der Waals surface area contributed by atoms with Crippen LogP contribution in [0.2, 0.25) is 0 Å². The van der Waals surface area contributed by atoms with Crippen LogP contribution in [0.15, 0.2) is 34.8 Å². The highest BCUT2D eigenvalue weighted by molar-refractivity contribution is 9.10. The molecule has 0 fully saturated rings. The average molecular weight is 352 g/mol. The Morgan fingerprint density at radius 1 is 1.24 bits per heavy atom. The molecule has 0 atom stereocenters. The topological polar surface area (TPSA) is 35.2 Å². The molecule has 2 aromatic rings. The third-order valence-electron chi connectivity index (χ3n) is 3.41. The van der Waals surface area contributed by atoms with Gasteiger partial charge in [0.25, 0.3) is 0 Å². The largest absolute Gasteiger partial charge is 0.488 e. The lowest BCUT2D eigenvalue weighted by Gasteiger charge is -2.16. The standard InChI is InChI=1S/C17H19BrFNO/c1-10(2)14-8-16(20)11(3)6-17(14)21-9-12-7-13(18)4-5-15(12)19/h4-8,10H,9,20H2,1-3H3. The molecule has 112 valence electrons. The second-order valence-corrected chi connectivity index (χ2v) is 6.34. The van der Waals surface area contributed by atoms with Crippen molar-refractivity contribution in [3.05, 3.63) is 57.3 Å².